The van der Waals surface area contributed by atoms with Crippen molar-refractivity contribution in [1.82, 2.24) is 10.2 Å². The molecule has 0 aliphatic carbocycles. The molecule has 0 bridgehead atoms. The van der Waals surface area contributed by atoms with E-state index in [4.69, 9.17) is 4.74 Å². The van der Waals surface area contributed by atoms with Crippen LogP contribution in [0.4, 0.5) is 10.5 Å². The molecule has 1 aromatic rings. The Kier molecular flexibility index (Phi) is 7.95. The molecule has 1 saturated heterocycles. The van der Waals surface area contributed by atoms with Crippen LogP contribution in [0, 0.1) is 6.92 Å². The SMILES string of the molecule is CCOC(=O)N1CCC(NC(=O)CCNc2c(C)cccc2C(C)C)CC1. The molecule has 0 aromatic heterocycles. The lowest BCUT2D eigenvalue weighted by atomic mass is 9.98. The minimum atomic E-state index is -0.259. The Labute approximate surface area is 162 Å². The van der Waals surface area contributed by atoms with Crippen molar-refractivity contribution in [2.24, 2.45) is 0 Å². The lowest BCUT2D eigenvalue weighted by Gasteiger charge is -2.31. The number of ether oxygens (including phenoxy) is 1. The number of nitrogens with one attached hydrogen (secondary N) is 2. The van der Waals surface area contributed by atoms with Crippen molar-refractivity contribution in [1.29, 1.82) is 0 Å². The van der Waals surface area contributed by atoms with Crippen LogP contribution in [0.1, 0.15) is 57.1 Å². The number of nitrogens with zero attached hydrogens (tertiary/aromatic N) is 1. The van der Waals surface area contributed by atoms with Gasteiger partial charge in [0.05, 0.1) is 6.61 Å². The number of likely N-dealkylation sites (tertiary alicyclic amines) is 1. The normalized spacial score (nSPS) is 14.9. The Morgan fingerprint density at radius 3 is 2.59 bits per heavy atom. The van der Waals surface area contributed by atoms with Gasteiger partial charge in [-0.3, -0.25) is 4.79 Å². The highest BCUT2D eigenvalue weighted by Crippen LogP contribution is 2.27. The molecule has 1 aliphatic heterocycles. The van der Waals surface area contributed by atoms with Gasteiger partial charge in [0.25, 0.3) is 0 Å². The highest BCUT2D eigenvalue weighted by atomic mass is 16.6. The standard InChI is InChI=1S/C21H33N3O3/c1-5-27-21(26)24-13-10-17(11-14-24)23-19(25)9-12-22-20-16(4)7-6-8-18(20)15(2)3/h6-8,15,17,22H,5,9-14H2,1-4H3,(H,23,25). The summed E-state index contributed by atoms with van der Waals surface area (Å²) in [6.45, 7) is 10.5. The van der Waals surface area contributed by atoms with E-state index in [-0.39, 0.29) is 18.0 Å². The zero-order valence-electron chi connectivity index (χ0n) is 17.0. The molecule has 1 heterocycles. The Balaban J connectivity index is 1.74. The number of benzene rings is 1. The summed E-state index contributed by atoms with van der Waals surface area (Å²) in [6, 6.07) is 6.43. The van der Waals surface area contributed by atoms with E-state index >= 15 is 0 Å². The largest absolute Gasteiger partial charge is 0.450 e. The predicted octanol–water partition coefficient (Wildman–Crippen LogP) is 3.66. The molecular formula is C21H33N3O3. The summed E-state index contributed by atoms with van der Waals surface area (Å²) < 4.78 is 5.02. The van der Waals surface area contributed by atoms with Gasteiger partial charge >= 0.3 is 6.09 Å². The molecular weight excluding hydrogens is 342 g/mol. The van der Waals surface area contributed by atoms with E-state index < -0.39 is 0 Å². The summed E-state index contributed by atoms with van der Waals surface area (Å²) in [5.74, 6) is 0.488. The number of aryl methyl sites for hydroxylation is 1. The number of hydrogen-bond acceptors (Lipinski definition) is 4. The molecule has 1 fully saturated rings. The molecule has 0 spiro atoms. The maximum Gasteiger partial charge on any atom is 0.409 e. The van der Waals surface area contributed by atoms with Crippen LogP contribution < -0.4 is 10.6 Å². The zero-order chi connectivity index (χ0) is 19.8. The fourth-order valence-corrected chi connectivity index (χ4v) is 3.44. The van der Waals surface area contributed by atoms with Gasteiger partial charge in [-0.05, 0) is 43.7 Å². The minimum Gasteiger partial charge on any atom is -0.450 e. The number of para-hydroxylation sites is 1. The minimum absolute atomic E-state index is 0.0526. The molecule has 0 radical (unpaired) electrons. The monoisotopic (exact) mass is 375 g/mol. The first-order valence-electron chi connectivity index (χ1n) is 9.96. The van der Waals surface area contributed by atoms with Gasteiger partial charge in [0.1, 0.15) is 0 Å². The molecule has 1 aromatic carbocycles. The van der Waals surface area contributed by atoms with Gasteiger partial charge in [0.2, 0.25) is 5.91 Å². The Morgan fingerprint density at radius 1 is 1.26 bits per heavy atom. The van der Waals surface area contributed by atoms with Crippen LogP contribution in [-0.2, 0) is 9.53 Å². The van der Waals surface area contributed by atoms with Crippen molar-refractivity contribution in [3.05, 3.63) is 29.3 Å². The van der Waals surface area contributed by atoms with E-state index in [1.165, 1.54) is 11.1 Å². The van der Waals surface area contributed by atoms with Crippen molar-refractivity contribution in [2.75, 3.05) is 31.6 Å². The summed E-state index contributed by atoms with van der Waals surface area (Å²) in [5.41, 5.74) is 3.62. The fourth-order valence-electron chi connectivity index (χ4n) is 3.44. The summed E-state index contributed by atoms with van der Waals surface area (Å²) in [6.07, 6.45) is 1.72. The van der Waals surface area contributed by atoms with Crippen LogP contribution in [-0.4, -0.2) is 49.2 Å². The molecule has 27 heavy (non-hydrogen) atoms. The summed E-state index contributed by atoms with van der Waals surface area (Å²) in [7, 11) is 0. The second-order valence-corrected chi connectivity index (χ2v) is 7.40. The number of amides is 2. The summed E-state index contributed by atoms with van der Waals surface area (Å²) in [5, 5.41) is 6.53. The molecule has 2 amide bonds. The quantitative estimate of drug-likeness (QED) is 0.763. The third-order valence-electron chi connectivity index (χ3n) is 4.97. The predicted molar refractivity (Wildman–Crippen MR) is 108 cm³/mol. The van der Waals surface area contributed by atoms with E-state index in [0.29, 0.717) is 38.6 Å². The van der Waals surface area contributed by atoms with Gasteiger partial charge in [-0.2, -0.15) is 0 Å². The smallest absolute Gasteiger partial charge is 0.409 e. The Hall–Kier alpha value is -2.24. The molecule has 6 nitrogen and oxygen atoms in total. The fraction of sp³-hybridized carbons (Fsp3) is 0.619. The van der Waals surface area contributed by atoms with E-state index in [0.717, 1.165) is 18.5 Å². The number of hydrogen-bond donors (Lipinski definition) is 2. The molecule has 0 saturated carbocycles. The zero-order valence-corrected chi connectivity index (χ0v) is 17.0. The average molecular weight is 376 g/mol. The molecule has 0 unspecified atom stereocenters. The van der Waals surface area contributed by atoms with Crippen LogP contribution >= 0.6 is 0 Å². The van der Waals surface area contributed by atoms with Gasteiger partial charge in [-0.25, -0.2) is 4.79 Å². The van der Waals surface area contributed by atoms with Gasteiger partial charge in [0, 0.05) is 37.8 Å². The number of carbonyl (C=O) groups excluding carboxylic acids is 2. The molecule has 2 N–H and O–H groups in total. The topological polar surface area (TPSA) is 70.7 Å². The highest BCUT2D eigenvalue weighted by Gasteiger charge is 2.24. The Morgan fingerprint density at radius 2 is 1.96 bits per heavy atom. The number of carbonyl (C=O) groups is 2. The van der Waals surface area contributed by atoms with Crippen LogP contribution in [0.25, 0.3) is 0 Å². The van der Waals surface area contributed by atoms with Gasteiger partial charge in [-0.1, -0.05) is 32.0 Å². The maximum absolute atomic E-state index is 12.3. The van der Waals surface area contributed by atoms with Crippen LogP contribution in [0.3, 0.4) is 0 Å². The third-order valence-corrected chi connectivity index (χ3v) is 4.97. The number of rotatable bonds is 7. The average Bonchev–Trinajstić information content (AvgIpc) is 2.63. The highest BCUT2D eigenvalue weighted by molar-refractivity contribution is 5.77. The first kappa shape index (κ1) is 21.1. The lowest BCUT2D eigenvalue weighted by Crippen LogP contribution is -2.46. The molecule has 1 aliphatic rings. The van der Waals surface area contributed by atoms with Crippen molar-refractivity contribution in [3.63, 3.8) is 0 Å². The number of piperidine rings is 1. The maximum atomic E-state index is 12.3. The lowest BCUT2D eigenvalue weighted by molar-refractivity contribution is -0.121. The van der Waals surface area contributed by atoms with Crippen molar-refractivity contribution in [2.45, 2.75) is 58.9 Å². The van der Waals surface area contributed by atoms with Gasteiger partial charge in [0.15, 0.2) is 0 Å². The Bertz CT molecular complexity index is 638. The number of anilines is 1. The van der Waals surface area contributed by atoms with Crippen molar-refractivity contribution >= 4 is 17.7 Å². The van der Waals surface area contributed by atoms with Crippen LogP contribution in [0.5, 0.6) is 0 Å². The first-order valence-corrected chi connectivity index (χ1v) is 9.96. The van der Waals surface area contributed by atoms with E-state index in [1.807, 2.05) is 0 Å². The molecule has 0 atom stereocenters. The molecule has 2 rings (SSSR count). The first-order chi connectivity index (χ1) is 12.9. The van der Waals surface area contributed by atoms with Gasteiger partial charge in [-0.15, -0.1) is 0 Å². The second-order valence-electron chi connectivity index (χ2n) is 7.40. The van der Waals surface area contributed by atoms with Crippen molar-refractivity contribution in [3.8, 4) is 0 Å². The third kappa shape index (κ3) is 6.15. The van der Waals surface area contributed by atoms with E-state index in [2.05, 4.69) is 49.6 Å². The van der Waals surface area contributed by atoms with Crippen LogP contribution in [0.2, 0.25) is 0 Å². The molecule has 150 valence electrons. The molecule has 6 heteroatoms. The summed E-state index contributed by atoms with van der Waals surface area (Å²) >= 11 is 0. The van der Waals surface area contributed by atoms with E-state index in [1.54, 1.807) is 11.8 Å². The van der Waals surface area contributed by atoms with E-state index in [9.17, 15) is 9.59 Å². The van der Waals surface area contributed by atoms with Crippen LogP contribution in [0.15, 0.2) is 18.2 Å². The van der Waals surface area contributed by atoms with Gasteiger partial charge < -0.3 is 20.3 Å². The second kappa shape index (κ2) is 10.2. The summed E-state index contributed by atoms with van der Waals surface area (Å²) in [4.78, 5) is 25.7. The van der Waals surface area contributed by atoms with Crippen molar-refractivity contribution < 1.29 is 14.3 Å².